The average Bonchev–Trinajstić information content (AvgIpc) is 2.27. The Kier molecular flexibility index (Phi) is 33.2. The van der Waals surface area contributed by atoms with Crippen LogP contribution in [0.3, 0.4) is 0 Å². The Morgan fingerprint density at radius 2 is 0.650 bits per heavy atom. The second kappa shape index (κ2) is 21.8. The largest absolute Gasteiger partial charge is 0.481 e. The highest BCUT2D eigenvalue weighted by Gasteiger charge is 2.00. The Morgan fingerprint density at radius 1 is 0.550 bits per heavy atom. The molecule has 0 radical (unpaired) electrons. The van der Waals surface area contributed by atoms with Gasteiger partial charge in [0.1, 0.15) is 0 Å². The Labute approximate surface area is 115 Å². The van der Waals surface area contributed by atoms with E-state index < -0.39 is 23.9 Å². The van der Waals surface area contributed by atoms with E-state index in [4.69, 9.17) is 20.4 Å². The minimum atomic E-state index is -1.08. The minimum Gasteiger partial charge on any atom is -0.481 e. The van der Waals surface area contributed by atoms with E-state index in [1.165, 1.54) is 0 Å². The number of rotatable bonds is 6. The Balaban J connectivity index is -0.0000000611. The Bertz CT molecular complexity index is 237. The van der Waals surface area contributed by atoms with Crippen LogP contribution in [0.2, 0.25) is 0 Å². The topological polar surface area (TPSA) is 219 Å². The summed E-state index contributed by atoms with van der Waals surface area (Å²) in [5.41, 5.74) is 0. The van der Waals surface area contributed by atoms with E-state index in [2.05, 4.69) is 13.2 Å². The van der Waals surface area contributed by atoms with Gasteiger partial charge < -0.3 is 32.7 Å². The van der Waals surface area contributed by atoms with Crippen molar-refractivity contribution in [1.82, 2.24) is 12.3 Å². The number of aliphatic carboxylic acids is 4. The molecule has 0 amide bonds. The monoisotopic (exact) mass is 298 g/mol. The van der Waals surface area contributed by atoms with Crippen molar-refractivity contribution in [3.63, 3.8) is 0 Å². The number of hydrogen-bond donors (Lipinski definition) is 6. The normalized spacial score (nSPS) is 7.00. The summed E-state index contributed by atoms with van der Waals surface area (Å²) >= 11 is 0. The van der Waals surface area contributed by atoms with Crippen molar-refractivity contribution in [3.8, 4) is 0 Å². The first-order valence-electron chi connectivity index (χ1n) is 4.63. The molecule has 0 aromatic rings. The van der Waals surface area contributed by atoms with Crippen molar-refractivity contribution in [1.29, 1.82) is 0 Å². The van der Waals surface area contributed by atoms with E-state index in [-0.39, 0.29) is 38.0 Å². The molecule has 0 heterocycles. The van der Waals surface area contributed by atoms with Gasteiger partial charge in [0.2, 0.25) is 0 Å². The van der Waals surface area contributed by atoms with Gasteiger partial charge in [-0.25, -0.2) is 0 Å². The molecule has 0 saturated heterocycles. The Hall–Kier alpha value is -2.46. The van der Waals surface area contributed by atoms with Gasteiger partial charge in [-0.05, 0) is 0 Å². The molecule has 0 unspecified atom stereocenters. The second-order valence-corrected chi connectivity index (χ2v) is 2.57. The molecule has 10 heteroatoms. The van der Waals surface area contributed by atoms with Gasteiger partial charge in [-0.2, -0.15) is 0 Å². The summed E-state index contributed by atoms with van der Waals surface area (Å²) < 4.78 is 0. The standard InChI is InChI=1S/2C4H6O4.C2H4.2H3N/c2*5-3(6)1-2-4(7)8;1-2;;/h2*1-2H2,(H,5,6)(H,7,8);1-2H2;2*1H3. The number of carboxylic acids is 4. The third-order valence-electron chi connectivity index (χ3n) is 1.11. The van der Waals surface area contributed by atoms with Crippen LogP contribution in [0.15, 0.2) is 13.2 Å². The molecule has 0 aliphatic carbocycles. The summed E-state index contributed by atoms with van der Waals surface area (Å²) in [5, 5.41) is 31.6. The van der Waals surface area contributed by atoms with Crippen molar-refractivity contribution in [3.05, 3.63) is 13.2 Å². The van der Waals surface area contributed by atoms with Crippen LogP contribution in [-0.2, 0) is 19.2 Å². The van der Waals surface area contributed by atoms with Gasteiger partial charge in [0.25, 0.3) is 0 Å². The van der Waals surface area contributed by atoms with Crippen LogP contribution < -0.4 is 12.3 Å². The van der Waals surface area contributed by atoms with E-state index in [1.54, 1.807) is 0 Å². The molecule has 0 rings (SSSR count). The van der Waals surface area contributed by atoms with Crippen LogP contribution in [-0.4, -0.2) is 44.3 Å². The summed E-state index contributed by atoms with van der Waals surface area (Å²) in [5.74, 6) is -4.31. The molecule has 0 spiro atoms. The summed E-state index contributed by atoms with van der Waals surface area (Å²) in [6.07, 6.45) is -1.19. The molecule has 20 heavy (non-hydrogen) atoms. The molecular formula is C10H22N2O8. The van der Waals surface area contributed by atoms with Crippen LogP contribution in [0.4, 0.5) is 0 Å². The van der Waals surface area contributed by atoms with Gasteiger partial charge in [0.05, 0.1) is 25.7 Å². The van der Waals surface area contributed by atoms with Crippen molar-refractivity contribution < 1.29 is 39.6 Å². The first kappa shape index (κ1) is 30.5. The third kappa shape index (κ3) is 57.8. The minimum absolute atomic E-state index is 0. The zero-order chi connectivity index (χ0) is 15.1. The van der Waals surface area contributed by atoms with Crippen molar-refractivity contribution in [2.45, 2.75) is 25.7 Å². The number of carbonyl (C=O) groups is 4. The molecule has 120 valence electrons. The van der Waals surface area contributed by atoms with E-state index in [1.807, 2.05) is 0 Å². The van der Waals surface area contributed by atoms with Gasteiger partial charge >= 0.3 is 23.9 Å². The number of hydrogen-bond acceptors (Lipinski definition) is 6. The highest BCUT2D eigenvalue weighted by atomic mass is 16.4. The quantitative estimate of drug-likeness (QED) is 0.381. The van der Waals surface area contributed by atoms with Crippen LogP contribution in [0.1, 0.15) is 25.7 Å². The molecule has 0 bridgehead atoms. The highest BCUT2D eigenvalue weighted by Crippen LogP contribution is 1.86. The lowest BCUT2D eigenvalue weighted by Gasteiger charge is -1.85. The Morgan fingerprint density at radius 3 is 0.700 bits per heavy atom. The lowest BCUT2D eigenvalue weighted by Crippen LogP contribution is -2.00. The summed E-state index contributed by atoms with van der Waals surface area (Å²) in [6.45, 7) is 6.00. The molecule has 0 aliphatic heterocycles. The van der Waals surface area contributed by atoms with Crippen molar-refractivity contribution >= 4 is 23.9 Å². The van der Waals surface area contributed by atoms with Gasteiger partial charge in [0.15, 0.2) is 0 Å². The molecule has 0 fully saturated rings. The maximum Gasteiger partial charge on any atom is 0.303 e. The predicted octanol–water partition coefficient (Wildman–Crippen LogP) is 0.998. The second-order valence-electron chi connectivity index (χ2n) is 2.57. The molecule has 0 aromatic carbocycles. The van der Waals surface area contributed by atoms with Crippen LogP contribution in [0.5, 0.6) is 0 Å². The van der Waals surface area contributed by atoms with Gasteiger partial charge in [-0.1, -0.05) is 0 Å². The first-order chi connectivity index (χ1) is 8.25. The molecule has 0 atom stereocenters. The van der Waals surface area contributed by atoms with E-state index >= 15 is 0 Å². The lowest BCUT2D eigenvalue weighted by atomic mass is 10.3. The molecule has 10 N–H and O–H groups in total. The van der Waals surface area contributed by atoms with Gasteiger partial charge in [-0.15, -0.1) is 13.2 Å². The molecule has 0 aromatic heterocycles. The fraction of sp³-hybridized carbons (Fsp3) is 0.400. The first-order valence-corrected chi connectivity index (χ1v) is 4.63. The summed E-state index contributed by atoms with van der Waals surface area (Å²) in [7, 11) is 0. The molecule has 10 nitrogen and oxygen atoms in total. The summed E-state index contributed by atoms with van der Waals surface area (Å²) in [6, 6.07) is 0. The smallest absolute Gasteiger partial charge is 0.303 e. The SMILES string of the molecule is C=C.N.N.O=C(O)CCC(=O)O.O=C(O)CCC(=O)O. The van der Waals surface area contributed by atoms with Crippen LogP contribution >= 0.6 is 0 Å². The highest BCUT2D eigenvalue weighted by molar-refractivity contribution is 5.75. The van der Waals surface area contributed by atoms with E-state index in [0.29, 0.717) is 0 Å². The fourth-order valence-corrected chi connectivity index (χ4v) is 0.428. The predicted molar refractivity (Wildman–Crippen MR) is 70.3 cm³/mol. The maximum absolute atomic E-state index is 9.64. The summed E-state index contributed by atoms with van der Waals surface area (Å²) in [4.78, 5) is 38.6. The average molecular weight is 298 g/mol. The lowest BCUT2D eigenvalue weighted by molar-refractivity contribution is -0.143. The molecular weight excluding hydrogens is 276 g/mol. The fourth-order valence-electron chi connectivity index (χ4n) is 0.428. The number of carboxylic acid groups (broad SMARTS) is 4. The zero-order valence-electron chi connectivity index (χ0n) is 11.1. The molecule has 0 aliphatic rings. The van der Waals surface area contributed by atoms with Crippen LogP contribution in [0.25, 0.3) is 0 Å². The molecule has 0 saturated carbocycles. The van der Waals surface area contributed by atoms with E-state index in [0.717, 1.165) is 0 Å². The van der Waals surface area contributed by atoms with E-state index in [9.17, 15) is 19.2 Å². The maximum atomic E-state index is 9.64. The third-order valence-corrected chi connectivity index (χ3v) is 1.11. The van der Waals surface area contributed by atoms with Crippen molar-refractivity contribution in [2.24, 2.45) is 0 Å². The zero-order valence-corrected chi connectivity index (χ0v) is 11.1. The van der Waals surface area contributed by atoms with Crippen molar-refractivity contribution in [2.75, 3.05) is 0 Å². The van der Waals surface area contributed by atoms with Gasteiger partial charge in [0, 0.05) is 0 Å². The van der Waals surface area contributed by atoms with Gasteiger partial charge in [-0.3, -0.25) is 19.2 Å². The van der Waals surface area contributed by atoms with Crippen LogP contribution in [0, 0.1) is 0 Å².